The minimum absolute atomic E-state index is 0. The summed E-state index contributed by atoms with van der Waals surface area (Å²) in [6, 6.07) is 21.2. The Morgan fingerprint density at radius 3 is 2.27 bits per heavy atom. The van der Waals surface area contributed by atoms with Crippen molar-refractivity contribution in [3.05, 3.63) is 72.4 Å². The molecule has 4 aromatic rings. The summed E-state index contributed by atoms with van der Waals surface area (Å²) in [5.41, 5.74) is 3.64. The molecule has 3 aromatic carbocycles. The Bertz CT molecular complexity index is 1260. The van der Waals surface area contributed by atoms with Crippen molar-refractivity contribution in [2.45, 2.75) is 42.2 Å². The first-order chi connectivity index (χ1) is 14.0. The summed E-state index contributed by atoms with van der Waals surface area (Å²) in [7, 11) is 0. The van der Waals surface area contributed by atoms with Gasteiger partial charge in [0.25, 0.3) is 0 Å². The van der Waals surface area contributed by atoms with Crippen LogP contribution in [0.2, 0.25) is 0 Å². The van der Waals surface area contributed by atoms with E-state index in [0.717, 1.165) is 21.5 Å². The van der Waals surface area contributed by atoms with Crippen LogP contribution in [0.3, 0.4) is 0 Å². The van der Waals surface area contributed by atoms with Crippen LogP contribution in [0, 0.1) is 0 Å². The van der Waals surface area contributed by atoms with E-state index >= 15 is 0 Å². The maximum atomic E-state index is 11.6. The van der Waals surface area contributed by atoms with E-state index in [2.05, 4.69) is 59.3 Å². The molecule has 5 rings (SSSR count). The number of carbonyl (C=O) groups is 1. The van der Waals surface area contributed by atoms with Crippen LogP contribution in [0.1, 0.15) is 38.2 Å². The first-order valence-corrected chi connectivity index (χ1v) is 10.8. The molecule has 0 radical (unpaired) electrons. The minimum atomic E-state index is -1.06. The van der Waals surface area contributed by atoms with Gasteiger partial charge in [-0.3, -0.25) is 0 Å². The summed E-state index contributed by atoms with van der Waals surface area (Å²) in [4.78, 5) is 12.5. The van der Waals surface area contributed by atoms with E-state index in [4.69, 9.17) is 0 Å². The number of benzene rings is 3. The van der Waals surface area contributed by atoms with Gasteiger partial charge >= 0.3 is 18.9 Å². The van der Waals surface area contributed by atoms with Crippen LogP contribution in [-0.4, -0.2) is 15.3 Å². The van der Waals surface area contributed by atoms with Crippen molar-refractivity contribution in [2.24, 2.45) is 0 Å². The van der Waals surface area contributed by atoms with Crippen molar-refractivity contribution in [3.63, 3.8) is 0 Å². The molecule has 0 atom stereocenters. The van der Waals surface area contributed by atoms with Gasteiger partial charge in [0.15, 0.2) is 0 Å². The number of hydrogen-bond donors (Lipinski definition) is 0. The SMILES string of the molecule is CC(C)(Sc1cn(-c2ccc(C3CC3)c3ccccc23)c2ccccc12)C(=O)[O-].[Li+]. The maximum absolute atomic E-state index is 11.6. The number of hydrogen-bond acceptors (Lipinski definition) is 3. The average Bonchev–Trinajstić information content (AvgIpc) is 3.50. The maximum Gasteiger partial charge on any atom is 1.00 e. The second kappa shape index (κ2) is 7.85. The van der Waals surface area contributed by atoms with Gasteiger partial charge in [-0.25, -0.2) is 0 Å². The number of rotatable bonds is 5. The zero-order valence-corrected chi connectivity index (χ0v) is 18.3. The smallest absolute Gasteiger partial charge is 0.549 e. The molecule has 0 aliphatic heterocycles. The first-order valence-electron chi connectivity index (χ1n) is 9.98. The van der Waals surface area contributed by atoms with Gasteiger partial charge in [-0.1, -0.05) is 48.5 Å². The second-order valence-electron chi connectivity index (χ2n) is 8.27. The molecule has 0 amide bonds. The summed E-state index contributed by atoms with van der Waals surface area (Å²) in [5.74, 6) is -0.371. The Labute approximate surface area is 192 Å². The summed E-state index contributed by atoms with van der Waals surface area (Å²) in [6.45, 7) is 3.39. The summed E-state index contributed by atoms with van der Waals surface area (Å²) in [6.07, 6.45) is 4.61. The molecule has 5 heteroatoms. The minimum Gasteiger partial charge on any atom is -0.549 e. The number of nitrogens with zero attached hydrogens (tertiary/aromatic N) is 1. The van der Waals surface area contributed by atoms with Crippen molar-refractivity contribution in [1.29, 1.82) is 0 Å². The van der Waals surface area contributed by atoms with E-state index in [1.807, 2.05) is 12.1 Å². The van der Waals surface area contributed by atoms with Crippen LogP contribution in [0.4, 0.5) is 0 Å². The van der Waals surface area contributed by atoms with Gasteiger partial charge in [-0.05, 0) is 55.7 Å². The van der Waals surface area contributed by atoms with Crippen LogP contribution in [0.25, 0.3) is 27.4 Å². The molecule has 30 heavy (non-hydrogen) atoms. The predicted octanol–water partition coefficient (Wildman–Crippen LogP) is 2.29. The Balaban J connectivity index is 0.00000218. The third-order valence-electron chi connectivity index (χ3n) is 5.74. The van der Waals surface area contributed by atoms with E-state index in [9.17, 15) is 9.90 Å². The zero-order valence-electron chi connectivity index (χ0n) is 17.5. The molecule has 0 spiro atoms. The molecular formula is C25H22LiNO2S. The standard InChI is InChI=1S/C25H23NO2S.Li/c1-25(2,24(27)28)29-23-15-26(21-10-6-5-9-20(21)23)22-14-13-17(16-11-12-16)18-7-3-4-8-19(18)22;/h3-10,13-16H,11-12H2,1-2H3,(H,27,28);/q;+1/p-1. The molecule has 1 fully saturated rings. The number of thioether (sulfide) groups is 1. The molecule has 1 heterocycles. The van der Waals surface area contributed by atoms with Gasteiger partial charge in [-0.2, -0.15) is 0 Å². The molecule has 1 aliphatic rings. The van der Waals surface area contributed by atoms with Crippen LogP contribution in [0.15, 0.2) is 71.8 Å². The molecule has 0 bridgehead atoms. The zero-order chi connectivity index (χ0) is 20.2. The topological polar surface area (TPSA) is 45.1 Å². The molecule has 0 N–H and O–H groups in total. The number of carboxylic acids is 1. The Morgan fingerprint density at radius 1 is 0.967 bits per heavy atom. The molecule has 146 valence electrons. The first kappa shape index (κ1) is 21.1. The molecular weight excluding hydrogens is 385 g/mol. The third kappa shape index (κ3) is 3.58. The van der Waals surface area contributed by atoms with E-state index in [0.29, 0.717) is 5.92 Å². The van der Waals surface area contributed by atoms with Crippen molar-refractivity contribution in [1.82, 2.24) is 4.57 Å². The van der Waals surface area contributed by atoms with Crippen molar-refractivity contribution >= 4 is 39.4 Å². The third-order valence-corrected chi connectivity index (χ3v) is 6.97. The molecule has 1 saturated carbocycles. The van der Waals surface area contributed by atoms with Gasteiger partial charge in [0.2, 0.25) is 0 Å². The fourth-order valence-corrected chi connectivity index (χ4v) is 5.09. The Kier molecular flexibility index (Phi) is 5.53. The van der Waals surface area contributed by atoms with E-state index < -0.39 is 10.7 Å². The van der Waals surface area contributed by atoms with Crippen molar-refractivity contribution in [2.75, 3.05) is 0 Å². The number of fused-ring (bicyclic) bond motifs is 2. The fraction of sp³-hybridized carbons (Fsp3) is 0.240. The van der Waals surface area contributed by atoms with Crippen LogP contribution in [-0.2, 0) is 4.79 Å². The van der Waals surface area contributed by atoms with Crippen LogP contribution < -0.4 is 24.0 Å². The van der Waals surface area contributed by atoms with Gasteiger partial charge < -0.3 is 14.5 Å². The van der Waals surface area contributed by atoms with Gasteiger partial charge in [0, 0.05) is 21.9 Å². The Morgan fingerprint density at radius 2 is 1.60 bits per heavy atom. The van der Waals surface area contributed by atoms with Crippen molar-refractivity contribution in [3.8, 4) is 5.69 Å². The monoisotopic (exact) mass is 407 g/mol. The average molecular weight is 407 g/mol. The molecule has 0 unspecified atom stereocenters. The van der Waals surface area contributed by atoms with Gasteiger partial charge in [-0.15, -0.1) is 11.8 Å². The van der Waals surface area contributed by atoms with Crippen LogP contribution in [0.5, 0.6) is 0 Å². The molecule has 3 nitrogen and oxygen atoms in total. The Hall–Kier alpha value is -2.12. The van der Waals surface area contributed by atoms with E-state index in [1.165, 1.54) is 40.9 Å². The van der Waals surface area contributed by atoms with Crippen LogP contribution >= 0.6 is 11.8 Å². The summed E-state index contributed by atoms with van der Waals surface area (Å²) in [5, 5.41) is 15.2. The predicted molar refractivity (Wildman–Crippen MR) is 118 cm³/mol. The fourth-order valence-electron chi connectivity index (χ4n) is 4.01. The number of carboxylic acid groups (broad SMARTS) is 1. The number of aliphatic carboxylic acids is 1. The van der Waals surface area contributed by atoms with E-state index in [-0.39, 0.29) is 18.9 Å². The number of aromatic nitrogens is 1. The van der Waals surface area contributed by atoms with E-state index in [1.54, 1.807) is 13.8 Å². The molecule has 0 saturated heterocycles. The molecule has 1 aliphatic carbocycles. The summed E-state index contributed by atoms with van der Waals surface area (Å²) < 4.78 is 1.19. The quantitative estimate of drug-likeness (QED) is 0.377. The number of para-hydroxylation sites is 1. The van der Waals surface area contributed by atoms with Crippen molar-refractivity contribution < 1.29 is 28.8 Å². The normalized spacial score (nSPS) is 14.1. The van der Waals surface area contributed by atoms with Gasteiger partial charge in [0.05, 0.1) is 21.9 Å². The summed E-state index contributed by atoms with van der Waals surface area (Å²) >= 11 is 1.34. The number of carbonyl (C=O) groups excluding carboxylic acids is 1. The second-order valence-corrected chi connectivity index (χ2v) is 9.94. The van der Waals surface area contributed by atoms with Gasteiger partial charge in [0.1, 0.15) is 0 Å². The molecule has 1 aromatic heterocycles. The largest absolute Gasteiger partial charge is 1.00 e.